The van der Waals surface area contributed by atoms with Crippen LogP contribution in [0.2, 0.25) is 0 Å². The van der Waals surface area contributed by atoms with Crippen molar-refractivity contribution in [2.45, 2.75) is 44.8 Å². The van der Waals surface area contributed by atoms with E-state index in [9.17, 15) is 9.90 Å². The number of thiophene rings is 1. The van der Waals surface area contributed by atoms with Crippen LogP contribution in [0.3, 0.4) is 0 Å². The number of primary amides is 1. The lowest BCUT2D eigenvalue weighted by atomic mass is 10.0. The molecule has 6 N–H and O–H groups in total. The Bertz CT molecular complexity index is 1390. The second-order valence-corrected chi connectivity index (χ2v) is 10.4. The number of aliphatic hydroxyl groups excluding tert-OH is 1. The fourth-order valence-corrected chi connectivity index (χ4v) is 6.08. The maximum Gasteiger partial charge on any atom is 0.260 e. The molecule has 5 rings (SSSR count). The van der Waals surface area contributed by atoms with E-state index in [0.717, 1.165) is 71.1 Å². The standard InChI is InChI=1S/C27H32N6O2S/c1-2-5-17-14-21(32-27-22(17)23(28)25(36-27)26(29)35)33-12-9-18(10-13-33)31-15-20(34)24-19-7-4-3-6-16(19)8-11-30-24/h3-4,6-8,11,14,18,20,31,34H,2,5,9-10,12-13,15,28H2,1H3,(H2,29,35). The summed E-state index contributed by atoms with van der Waals surface area (Å²) in [7, 11) is 0. The number of aryl methyl sites for hydroxylation is 1. The average Bonchev–Trinajstić information content (AvgIpc) is 3.24. The van der Waals surface area contributed by atoms with Gasteiger partial charge < -0.3 is 26.8 Å². The van der Waals surface area contributed by atoms with Crippen LogP contribution in [-0.4, -0.2) is 46.7 Å². The van der Waals surface area contributed by atoms with Crippen LogP contribution < -0.4 is 21.7 Å². The van der Waals surface area contributed by atoms with Crippen molar-refractivity contribution in [3.05, 3.63) is 58.7 Å². The minimum atomic E-state index is -0.668. The molecule has 1 saturated heterocycles. The number of fused-ring (bicyclic) bond motifs is 2. The number of rotatable bonds is 8. The molecule has 0 bridgehead atoms. The van der Waals surface area contributed by atoms with Gasteiger partial charge in [-0.1, -0.05) is 37.6 Å². The number of hydrogen-bond acceptors (Lipinski definition) is 8. The van der Waals surface area contributed by atoms with Gasteiger partial charge in [-0.15, -0.1) is 11.3 Å². The van der Waals surface area contributed by atoms with Crippen LogP contribution >= 0.6 is 11.3 Å². The van der Waals surface area contributed by atoms with E-state index >= 15 is 0 Å². The number of benzene rings is 1. The van der Waals surface area contributed by atoms with Gasteiger partial charge in [-0.05, 0) is 42.3 Å². The SMILES string of the molecule is CCCc1cc(N2CCC(NCC(O)c3nccc4ccccc34)CC2)nc2sc(C(N)=O)c(N)c12. The predicted octanol–water partition coefficient (Wildman–Crippen LogP) is 3.77. The van der Waals surface area contributed by atoms with Gasteiger partial charge >= 0.3 is 0 Å². The molecule has 4 aromatic rings. The van der Waals surface area contributed by atoms with Crippen LogP contribution in [0.25, 0.3) is 21.0 Å². The number of carbonyl (C=O) groups is 1. The molecule has 9 heteroatoms. The zero-order valence-corrected chi connectivity index (χ0v) is 21.2. The Morgan fingerprint density at radius 3 is 2.81 bits per heavy atom. The average molecular weight is 505 g/mol. The van der Waals surface area contributed by atoms with Crippen LogP contribution in [0.15, 0.2) is 42.6 Å². The molecule has 0 radical (unpaired) electrons. The summed E-state index contributed by atoms with van der Waals surface area (Å²) in [5, 5.41) is 17.3. The number of hydrogen-bond donors (Lipinski definition) is 4. The van der Waals surface area contributed by atoms with Gasteiger partial charge in [0.1, 0.15) is 21.6 Å². The Kier molecular flexibility index (Phi) is 7.04. The monoisotopic (exact) mass is 504 g/mol. The molecule has 188 valence electrons. The first-order chi connectivity index (χ1) is 17.5. The largest absolute Gasteiger partial charge is 0.397 e. The Morgan fingerprint density at radius 2 is 2.06 bits per heavy atom. The predicted molar refractivity (Wildman–Crippen MR) is 146 cm³/mol. The van der Waals surface area contributed by atoms with Gasteiger partial charge in [-0.25, -0.2) is 4.98 Å². The van der Waals surface area contributed by atoms with E-state index in [-0.39, 0.29) is 0 Å². The Labute approximate surface area is 214 Å². The van der Waals surface area contributed by atoms with Gasteiger partial charge in [0.2, 0.25) is 0 Å². The molecule has 1 fully saturated rings. The number of aromatic nitrogens is 2. The summed E-state index contributed by atoms with van der Waals surface area (Å²) >= 11 is 1.28. The first-order valence-corrected chi connectivity index (χ1v) is 13.3. The second kappa shape index (κ2) is 10.4. The van der Waals surface area contributed by atoms with Gasteiger partial charge in [-0.2, -0.15) is 0 Å². The first-order valence-electron chi connectivity index (χ1n) is 12.5. The van der Waals surface area contributed by atoms with Crippen molar-refractivity contribution in [1.29, 1.82) is 0 Å². The third-order valence-corrected chi connectivity index (χ3v) is 8.06. The number of nitrogens with one attached hydrogen (secondary N) is 1. The number of pyridine rings is 2. The van der Waals surface area contributed by atoms with Crippen LogP contribution in [0, 0.1) is 0 Å². The Morgan fingerprint density at radius 1 is 1.28 bits per heavy atom. The zero-order chi connectivity index (χ0) is 25.2. The Hall–Kier alpha value is -3.27. The third-order valence-electron chi connectivity index (χ3n) is 6.95. The van der Waals surface area contributed by atoms with Crippen LogP contribution in [0.5, 0.6) is 0 Å². The van der Waals surface area contributed by atoms with E-state index in [0.29, 0.717) is 28.8 Å². The quantitative estimate of drug-likeness (QED) is 0.287. The second-order valence-electron chi connectivity index (χ2n) is 9.38. The smallest absolute Gasteiger partial charge is 0.260 e. The van der Waals surface area contributed by atoms with Crippen LogP contribution in [-0.2, 0) is 6.42 Å². The number of aliphatic hydroxyl groups is 1. The lowest BCUT2D eigenvalue weighted by Crippen LogP contribution is -2.44. The summed E-state index contributed by atoms with van der Waals surface area (Å²) in [6.45, 7) is 4.30. The van der Waals surface area contributed by atoms with E-state index in [1.807, 2.05) is 30.3 Å². The number of nitrogens with zero attached hydrogens (tertiary/aromatic N) is 3. The number of carbonyl (C=O) groups excluding carboxylic acids is 1. The topological polar surface area (TPSA) is 130 Å². The number of anilines is 2. The van der Waals surface area contributed by atoms with E-state index in [1.165, 1.54) is 11.3 Å². The molecule has 36 heavy (non-hydrogen) atoms. The van der Waals surface area contributed by atoms with Crippen molar-refractivity contribution in [1.82, 2.24) is 15.3 Å². The van der Waals surface area contributed by atoms with Gasteiger partial charge in [0.05, 0.1) is 11.4 Å². The molecule has 8 nitrogen and oxygen atoms in total. The highest BCUT2D eigenvalue weighted by Crippen LogP contribution is 2.37. The van der Waals surface area contributed by atoms with Crippen LogP contribution in [0.1, 0.15) is 53.2 Å². The number of amides is 1. The van der Waals surface area contributed by atoms with Gasteiger partial charge in [0.25, 0.3) is 5.91 Å². The molecule has 0 saturated carbocycles. The highest BCUT2D eigenvalue weighted by molar-refractivity contribution is 7.21. The summed E-state index contributed by atoms with van der Waals surface area (Å²) in [5.74, 6) is 0.411. The minimum Gasteiger partial charge on any atom is -0.397 e. The fourth-order valence-electron chi connectivity index (χ4n) is 5.09. The molecule has 4 heterocycles. The van der Waals surface area contributed by atoms with Gasteiger partial charge in [0, 0.05) is 42.6 Å². The molecule has 0 spiro atoms. The molecule has 0 aliphatic carbocycles. The molecular formula is C27H32N6O2S. The van der Waals surface area contributed by atoms with E-state index in [1.54, 1.807) is 6.20 Å². The summed E-state index contributed by atoms with van der Waals surface area (Å²) in [6.07, 6.45) is 4.81. The molecule has 1 aliphatic rings. The van der Waals surface area contributed by atoms with Crippen molar-refractivity contribution in [3.8, 4) is 0 Å². The van der Waals surface area contributed by atoms with Crippen molar-refractivity contribution in [3.63, 3.8) is 0 Å². The van der Waals surface area contributed by atoms with Crippen LogP contribution in [0.4, 0.5) is 11.5 Å². The minimum absolute atomic E-state index is 0.309. The van der Waals surface area contributed by atoms with E-state index < -0.39 is 12.0 Å². The Balaban J connectivity index is 1.25. The summed E-state index contributed by atoms with van der Waals surface area (Å²) in [5.41, 5.74) is 14.1. The molecule has 3 aromatic heterocycles. The third kappa shape index (κ3) is 4.74. The number of nitrogens with two attached hydrogens (primary N) is 2. The zero-order valence-electron chi connectivity index (χ0n) is 20.4. The number of nitrogen functional groups attached to an aromatic ring is 1. The molecule has 1 aliphatic heterocycles. The summed E-state index contributed by atoms with van der Waals surface area (Å²) in [6, 6.07) is 12.4. The lowest BCUT2D eigenvalue weighted by molar-refractivity contribution is 0.100. The molecule has 1 atom stereocenters. The number of piperidine rings is 1. The summed E-state index contributed by atoms with van der Waals surface area (Å²) in [4.78, 5) is 24.6. The van der Waals surface area contributed by atoms with E-state index in [4.69, 9.17) is 16.5 Å². The van der Waals surface area contributed by atoms with Gasteiger partial charge in [-0.3, -0.25) is 9.78 Å². The lowest BCUT2D eigenvalue weighted by Gasteiger charge is -2.34. The summed E-state index contributed by atoms with van der Waals surface area (Å²) < 4.78 is 0. The molecule has 1 aromatic carbocycles. The van der Waals surface area contributed by atoms with Crippen molar-refractivity contribution < 1.29 is 9.90 Å². The molecule has 1 unspecified atom stereocenters. The fraction of sp³-hybridized carbons (Fsp3) is 0.370. The van der Waals surface area contributed by atoms with Crippen molar-refractivity contribution in [2.75, 3.05) is 30.3 Å². The first kappa shape index (κ1) is 24.4. The highest BCUT2D eigenvalue weighted by atomic mass is 32.1. The molecule has 1 amide bonds. The van der Waals surface area contributed by atoms with Crippen molar-refractivity contribution in [2.24, 2.45) is 5.73 Å². The molecular weight excluding hydrogens is 472 g/mol. The maximum absolute atomic E-state index is 11.8. The highest BCUT2D eigenvalue weighted by Gasteiger charge is 2.24. The van der Waals surface area contributed by atoms with Crippen molar-refractivity contribution >= 4 is 49.7 Å². The van der Waals surface area contributed by atoms with Gasteiger partial charge in [0.15, 0.2) is 0 Å². The normalized spacial score (nSPS) is 15.6. The van der Waals surface area contributed by atoms with E-state index in [2.05, 4.69) is 28.2 Å². The maximum atomic E-state index is 11.8.